The third kappa shape index (κ3) is 5.74. The second-order valence-corrected chi connectivity index (χ2v) is 7.31. The average Bonchev–Trinajstić information content (AvgIpc) is 3.10. The van der Waals surface area contributed by atoms with Crippen molar-refractivity contribution in [3.63, 3.8) is 0 Å². The standard InChI is InChI=1S/C21H29N3O3/c1-15(19-14-16-8-5-6-11-18(16)27-19)23-20(25)12-7-13-22-21(26)24-17-9-3-2-4-10-17/h5-6,8,11,14-15,17H,2-4,7,9-10,12-13H2,1H3,(H,23,25)(H2,22,24,26)/t15-/m0/s1. The Morgan fingerprint density at radius 2 is 1.96 bits per heavy atom. The van der Waals surface area contributed by atoms with Gasteiger partial charge in [-0.15, -0.1) is 0 Å². The maximum atomic E-state index is 12.1. The maximum Gasteiger partial charge on any atom is 0.315 e. The summed E-state index contributed by atoms with van der Waals surface area (Å²) in [5.41, 5.74) is 0.821. The summed E-state index contributed by atoms with van der Waals surface area (Å²) in [6.45, 7) is 2.40. The van der Waals surface area contributed by atoms with Gasteiger partial charge in [-0.05, 0) is 38.3 Å². The molecule has 1 aromatic heterocycles. The quantitative estimate of drug-likeness (QED) is 0.643. The van der Waals surface area contributed by atoms with E-state index in [-0.39, 0.29) is 18.0 Å². The zero-order valence-electron chi connectivity index (χ0n) is 15.9. The monoisotopic (exact) mass is 371 g/mol. The van der Waals surface area contributed by atoms with Gasteiger partial charge in [-0.1, -0.05) is 37.5 Å². The molecule has 0 unspecified atom stereocenters. The fraction of sp³-hybridized carbons (Fsp3) is 0.524. The van der Waals surface area contributed by atoms with E-state index in [4.69, 9.17) is 4.42 Å². The molecule has 2 aromatic rings. The molecule has 1 aliphatic carbocycles. The lowest BCUT2D eigenvalue weighted by Gasteiger charge is -2.22. The third-order valence-electron chi connectivity index (χ3n) is 5.06. The van der Waals surface area contributed by atoms with Crippen LogP contribution in [0.25, 0.3) is 11.0 Å². The number of amides is 3. The van der Waals surface area contributed by atoms with E-state index in [2.05, 4.69) is 16.0 Å². The van der Waals surface area contributed by atoms with E-state index in [9.17, 15) is 9.59 Å². The normalized spacial score (nSPS) is 16.0. The van der Waals surface area contributed by atoms with Crippen LogP contribution in [0.5, 0.6) is 0 Å². The van der Waals surface area contributed by atoms with Gasteiger partial charge in [-0.25, -0.2) is 4.79 Å². The molecule has 1 fully saturated rings. The van der Waals surface area contributed by atoms with Crippen molar-refractivity contribution in [3.05, 3.63) is 36.1 Å². The number of para-hydroxylation sites is 1. The topological polar surface area (TPSA) is 83.4 Å². The first-order valence-corrected chi connectivity index (χ1v) is 9.94. The predicted octanol–water partition coefficient (Wildman–Crippen LogP) is 4.02. The van der Waals surface area contributed by atoms with Gasteiger partial charge in [0.05, 0.1) is 6.04 Å². The van der Waals surface area contributed by atoms with E-state index in [1.807, 2.05) is 37.3 Å². The van der Waals surface area contributed by atoms with Crippen LogP contribution in [0, 0.1) is 0 Å². The van der Waals surface area contributed by atoms with E-state index in [1.165, 1.54) is 19.3 Å². The molecule has 0 spiro atoms. The molecule has 0 aliphatic heterocycles. The van der Waals surface area contributed by atoms with Crippen LogP contribution in [0.1, 0.15) is 63.7 Å². The molecule has 3 amide bonds. The Morgan fingerprint density at radius 3 is 2.74 bits per heavy atom. The highest BCUT2D eigenvalue weighted by Gasteiger charge is 2.16. The Balaban J connectivity index is 1.33. The smallest absolute Gasteiger partial charge is 0.315 e. The summed E-state index contributed by atoms with van der Waals surface area (Å²) in [6, 6.07) is 9.73. The number of nitrogens with one attached hydrogen (secondary N) is 3. The predicted molar refractivity (Wildman–Crippen MR) is 105 cm³/mol. The van der Waals surface area contributed by atoms with Crippen LogP contribution < -0.4 is 16.0 Å². The van der Waals surface area contributed by atoms with Gasteiger partial charge in [0, 0.05) is 24.4 Å². The number of hydrogen-bond acceptors (Lipinski definition) is 3. The van der Waals surface area contributed by atoms with E-state index in [0.717, 1.165) is 29.6 Å². The number of fused-ring (bicyclic) bond motifs is 1. The van der Waals surface area contributed by atoms with Crippen LogP contribution in [0.4, 0.5) is 4.79 Å². The fourth-order valence-electron chi connectivity index (χ4n) is 3.53. The molecule has 0 radical (unpaired) electrons. The molecule has 1 atom stereocenters. The third-order valence-corrected chi connectivity index (χ3v) is 5.06. The Labute approximate surface area is 160 Å². The Morgan fingerprint density at radius 1 is 1.19 bits per heavy atom. The number of hydrogen-bond donors (Lipinski definition) is 3. The number of furan rings is 1. The van der Waals surface area contributed by atoms with Crippen molar-refractivity contribution in [2.75, 3.05) is 6.54 Å². The number of carbonyl (C=O) groups is 2. The number of rotatable bonds is 7. The van der Waals surface area contributed by atoms with Crippen molar-refractivity contribution >= 4 is 22.9 Å². The zero-order valence-corrected chi connectivity index (χ0v) is 15.9. The van der Waals surface area contributed by atoms with Gasteiger partial charge in [-0.3, -0.25) is 4.79 Å². The van der Waals surface area contributed by atoms with Crippen LogP contribution >= 0.6 is 0 Å². The molecule has 146 valence electrons. The molecule has 0 bridgehead atoms. The second-order valence-electron chi connectivity index (χ2n) is 7.31. The average molecular weight is 371 g/mol. The first-order chi connectivity index (χ1) is 13.1. The maximum absolute atomic E-state index is 12.1. The SMILES string of the molecule is C[C@H](NC(=O)CCCNC(=O)NC1CCCCC1)c1cc2ccccc2o1. The minimum absolute atomic E-state index is 0.0440. The minimum Gasteiger partial charge on any atom is -0.459 e. The van der Waals surface area contributed by atoms with E-state index in [0.29, 0.717) is 25.4 Å². The van der Waals surface area contributed by atoms with Crippen LogP contribution in [0.15, 0.2) is 34.7 Å². The van der Waals surface area contributed by atoms with Gasteiger partial charge in [0.15, 0.2) is 0 Å². The van der Waals surface area contributed by atoms with Crippen molar-refractivity contribution in [3.8, 4) is 0 Å². The largest absolute Gasteiger partial charge is 0.459 e. The summed E-state index contributed by atoms with van der Waals surface area (Å²) in [6.07, 6.45) is 6.75. The molecule has 0 saturated heterocycles. The van der Waals surface area contributed by atoms with Gasteiger partial charge in [0.1, 0.15) is 11.3 Å². The molecule has 1 heterocycles. The number of carbonyl (C=O) groups excluding carboxylic acids is 2. The van der Waals surface area contributed by atoms with E-state index in [1.54, 1.807) is 0 Å². The fourth-order valence-corrected chi connectivity index (χ4v) is 3.53. The van der Waals surface area contributed by atoms with Crippen molar-refractivity contribution in [2.45, 2.75) is 64.0 Å². The van der Waals surface area contributed by atoms with Gasteiger partial charge < -0.3 is 20.4 Å². The first-order valence-electron chi connectivity index (χ1n) is 9.94. The lowest BCUT2D eigenvalue weighted by atomic mass is 9.96. The van der Waals surface area contributed by atoms with Crippen molar-refractivity contribution in [1.82, 2.24) is 16.0 Å². The molecule has 6 heteroatoms. The second kappa shape index (κ2) is 9.44. The summed E-state index contributed by atoms with van der Waals surface area (Å²) >= 11 is 0. The van der Waals surface area contributed by atoms with Crippen LogP contribution in [-0.2, 0) is 4.79 Å². The number of urea groups is 1. The Kier molecular flexibility index (Phi) is 6.74. The first kappa shape index (κ1) is 19.3. The summed E-state index contributed by atoms with van der Waals surface area (Å²) in [5.74, 6) is 0.701. The van der Waals surface area contributed by atoms with Crippen LogP contribution in [0.3, 0.4) is 0 Å². The van der Waals surface area contributed by atoms with Crippen molar-refractivity contribution in [1.29, 1.82) is 0 Å². The highest BCUT2D eigenvalue weighted by molar-refractivity contribution is 5.79. The molecular weight excluding hydrogens is 342 g/mol. The Hall–Kier alpha value is -2.50. The summed E-state index contributed by atoms with van der Waals surface area (Å²) in [5, 5.41) is 9.83. The summed E-state index contributed by atoms with van der Waals surface area (Å²) in [7, 11) is 0. The van der Waals surface area contributed by atoms with Crippen molar-refractivity contribution in [2.24, 2.45) is 0 Å². The highest BCUT2D eigenvalue weighted by Crippen LogP contribution is 2.23. The molecule has 27 heavy (non-hydrogen) atoms. The molecule has 3 rings (SSSR count). The van der Waals surface area contributed by atoms with Crippen LogP contribution in [-0.4, -0.2) is 24.5 Å². The Bertz CT molecular complexity index is 732. The molecule has 1 aromatic carbocycles. The number of benzene rings is 1. The molecule has 1 aliphatic rings. The lowest BCUT2D eigenvalue weighted by molar-refractivity contribution is -0.121. The van der Waals surface area contributed by atoms with E-state index < -0.39 is 0 Å². The minimum atomic E-state index is -0.188. The molecular formula is C21H29N3O3. The molecule has 3 N–H and O–H groups in total. The van der Waals surface area contributed by atoms with Crippen LogP contribution in [0.2, 0.25) is 0 Å². The van der Waals surface area contributed by atoms with Gasteiger partial charge in [0.2, 0.25) is 5.91 Å². The highest BCUT2D eigenvalue weighted by atomic mass is 16.3. The van der Waals surface area contributed by atoms with Gasteiger partial charge in [-0.2, -0.15) is 0 Å². The zero-order chi connectivity index (χ0) is 19.1. The van der Waals surface area contributed by atoms with E-state index >= 15 is 0 Å². The summed E-state index contributed by atoms with van der Waals surface area (Å²) < 4.78 is 5.78. The molecule has 6 nitrogen and oxygen atoms in total. The van der Waals surface area contributed by atoms with Crippen molar-refractivity contribution < 1.29 is 14.0 Å². The summed E-state index contributed by atoms with van der Waals surface area (Å²) in [4.78, 5) is 24.0. The molecule has 1 saturated carbocycles. The van der Waals surface area contributed by atoms with Gasteiger partial charge in [0.25, 0.3) is 0 Å². The van der Waals surface area contributed by atoms with Gasteiger partial charge >= 0.3 is 6.03 Å². The lowest BCUT2D eigenvalue weighted by Crippen LogP contribution is -2.43.